The number of aromatic nitrogens is 3. The van der Waals surface area contributed by atoms with Crippen LogP contribution in [0.3, 0.4) is 0 Å². The molecule has 0 bridgehead atoms. The Morgan fingerprint density at radius 3 is 2.50 bits per heavy atom. The van der Waals surface area contributed by atoms with E-state index in [1.54, 1.807) is 24.3 Å². The van der Waals surface area contributed by atoms with Gasteiger partial charge in [-0.15, -0.1) is 10.2 Å². The highest BCUT2D eigenvalue weighted by atomic mass is 16.8. The summed E-state index contributed by atoms with van der Waals surface area (Å²) in [7, 11) is 0. The second-order valence-electron chi connectivity index (χ2n) is 11.0. The van der Waals surface area contributed by atoms with Gasteiger partial charge in [-0.2, -0.15) is 5.23 Å². The van der Waals surface area contributed by atoms with Crippen LogP contribution in [0.4, 0.5) is 11.5 Å². The van der Waals surface area contributed by atoms with Gasteiger partial charge < -0.3 is 14.5 Å². The Morgan fingerprint density at radius 2 is 1.84 bits per heavy atom. The lowest BCUT2D eigenvalue weighted by Gasteiger charge is -2.41. The summed E-state index contributed by atoms with van der Waals surface area (Å²) in [6.45, 7) is 12.2. The number of pyridine rings is 1. The average Bonchev–Trinajstić information content (AvgIpc) is 3.39. The highest BCUT2D eigenvalue weighted by molar-refractivity contribution is 5.55. The van der Waals surface area contributed by atoms with Crippen molar-refractivity contribution in [1.29, 1.82) is 0 Å². The van der Waals surface area contributed by atoms with Gasteiger partial charge in [-0.3, -0.25) is 4.90 Å². The van der Waals surface area contributed by atoms with Gasteiger partial charge >= 0.3 is 0 Å². The highest BCUT2D eigenvalue weighted by Gasteiger charge is 2.34. The highest BCUT2D eigenvalue weighted by Crippen LogP contribution is 2.39. The number of piperazine rings is 1. The first kappa shape index (κ1) is 26.5. The third-order valence-electron chi connectivity index (χ3n) is 8.17. The van der Waals surface area contributed by atoms with E-state index in [0.717, 1.165) is 56.9 Å². The van der Waals surface area contributed by atoms with Crippen LogP contribution in [0, 0.1) is 28.9 Å². The van der Waals surface area contributed by atoms with E-state index in [-0.39, 0.29) is 5.69 Å². The van der Waals surface area contributed by atoms with Crippen LogP contribution in [0.5, 0.6) is 0 Å². The molecule has 0 spiro atoms. The van der Waals surface area contributed by atoms with Crippen LogP contribution < -0.4 is 10.1 Å². The lowest BCUT2D eigenvalue weighted by Crippen LogP contribution is -2.99. The monoisotopic (exact) mass is 518 g/mol. The van der Waals surface area contributed by atoms with E-state index >= 15 is 0 Å². The van der Waals surface area contributed by atoms with Gasteiger partial charge in [0.05, 0.1) is 0 Å². The molecule has 1 fully saturated rings. The summed E-state index contributed by atoms with van der Waals surface area (Å²) in [5.41, 5.74) is 2.37. The Morgan fingerprint density at radius 1 is 1.08 bits per heavy atom. The van der Waals surface area contributed by atoms with Crippen LogP contribution in [0.2, 0.25) is 0 Å². The van der Waals surface area contributed by atoms with Crippen molar-refractivity contribution in [2.75, 3.05) is 37.6 Å². The number of allylic oxidation sites excluding steroid dienone is 1. The van der Waals surface area contributed by atoms with Gasteiger partial charge in [-0.1, -0.05) is 31.6 Å². The summed E-state index contributed by atoms with van der Waals surface area (Å²) in [4.78, 5) is 9.52. The Labute approximate surface area is 224 Å². The molecule has 1 aliphatic heterocycles. The minimum Gasteiger partial charge on any atom is -0.595 e. The molecule has 202 valence electrons. The molecule has 0 saturated carbocycles. The van der Waals surface area contributed by atoms with E-state index < -0.39 is 5.23 Å². The SMILES string of the molecule is CC1=C[C@@H](CN2CCN(c3ccccn3)CC2)[C@H](C(C)C)C[C@H]1Cc1nnc(-c2ccc([NH+]([O-])O)cc2)o1. The van der Waals surface area contributed by atoms with E-state index in [0.29, 0.717) is 35.5 Å². The topological polar surface area (TPSA) is 106 Å². The van der Waals surface area contributed by atoms with Gasteiger partial charge in [-0.05, 0) is 61.3 Å². The number of nitrogens with zero attached hydrogens (tertiary/aromatic N) is 5. The predicted octanol–water partition coefficient (Wildman–Crippen LogP) is 3.75. The fourth-order valence-corrected chi connectivity index (χ4v) is 5.90. The van der Waals surface area contributed by atoms with Gasteiger partial charge in [0.15, 0.2) is 5.69 Å². The van der Waals surface area contributed by atoms with E-state index in [2.05, 4.69) is 64.0 Å². The molecular weight excluding hydrogens is 480 g/mol. The zero-order valence-electron chi connectivity index (χ0n) is 22.5. The molecule has 4 atom stereocenters. The quantitative estimate of drug-likeness (QED) is 0.343. The fourth-order valence-electron chi connectivity index (χ4n) is 5.90. The van der Waals surface area contributed by atoms with E-state index in [4.69, 9.17) is 9.62 Å². The van der Waals surface area contributed by atoms with E-state index in [1.807, 2.05) is 12.3 Å². The number of hydrogen-bond acceptors (Lipinski definition) is 8. The first-order valence-corrected chi connectivity index (χ1v) is 13.6. The minimum absolute atomic E-state index is 0.237. The number of nitrogens with one attached hydrogen (secondary N) is 1. The number of quaternary nitrogens is 1. The van der Waals surface area contributed by atoms with Crippen molar-refractivity contribution < 1.29 is 14.9 Å². The average molecular weight is 519 g/mol. The summed E-state index contributed by atoms with van der Waals surface area (Å²) >= 11 is 0. The van der Waals surface area contributed by atoms with Crippen molar-refractivity contribution in [3.05, 3.63) is 71.4 Å². The number of benzene rings is 1. The molecule has 1 unspecified atom stereocenters. The van der Waals surface area contributed by atoms with Gasteiger partial charge in [0.25, 0.3) is 0 Å². The largest absolute Gasteiger partial charge is 0.595 e. The van der Waals surface area contributed by atoms with Crippen molar-refractivity contribution in [2.45, 2.75) is 33.6 Å². The van der Waals surface area contributed by atoms with Gasteiger partial charge in [-0.25, -0.2) is 10.2 Å². The van der Waals surface area contributed by atoms with Gasteiger partial charge in [0.2, 0.25) is 11.8 Å². The summed E-state index contributed by atoms with van der Waals surface area (Å²) in [5.74, 6) is 4.24. The number of rotatable bonds is 8. The molecule has 2 aliphatic rings. The van der Waals surface area contributed by atoms with Gasteiger partial charge in [0.1, 0.15) is 5.82 Å². The Kier molecular flexibility index (Phi) is 8.18. The molecule has 0 radical (unpaired) electrons. The zero-order chi connectivity index (χ0) is 26.6. The molecular formula is C29H38N6O3. The molecule has 3 heterocycles. The second-order valence-corrected chi connectivity index (χ2v) is 11.0. The normalized spacial score (nSPS) is 23.5. The molecule has 2 aromatic heterocycles. The molecule has 1 aliphatic carbocycles. The summed E-state index contributed by atoms with van der Waals surface area (Å²) in [6, 6.07) is 12.7. The van der Waals surface area contributed by atoms with Crippen LogP contribution in [-0.4, -0.2) is 58.0 Å². The summed E-state index contributed by atoms with van der Waals surface area (Å²) in [5, 5.41) is 27.8. The zero-order valence-corrected chi connectivity index (χ0v) is 22.5. The molecule has 9 heteroatoms. The molecule has 1 saturated heterocycles. The number of anilines is 1. The maximum Gasteiger partial charge on any atom is 0.247 e. The summed E-state index contributed by atoms with van der Waals surface area (Å²) < 4.78 is 6.00. The van der Waals surface area contributed by atoms with Gasteiger partial charge in [0, 0.05) is 63.0 Å². The molecule has 0 amide bonds. The van der Waals surface area contributed by atoms with Crippen molar-refractivity contribution in [3.63, 3.8) is 0 Å². The fraction of sp³-hybridized carbons (Fsp3) is 0.483. The molecule has 9 nitrogen and oxygen atoms in total. The lowest BCUT2D eigenvalue weighted by molar-refractivity contribution is -0.991. The molecule has 1 aromatic carbocycles. The molecule has 3 aromatic rings. The van der Waals surface area contributed by atoms with E-state index in [9.17, 15) is 5.21 Å². The second kappa shape index (κ2) is 11.7. The van der Waals surface area contributed by atoms with Crippen LogP contribution >= 0.6 is 0 Å². The van der Waals surface area contributed by atoms with Crippen molar-refractivity contribution in [2.24, 2.45) is 23.7 Å². The van der Waals surface area contributed by atoms with Crippen LogP contribution in [-0.2, 0) is 6.42 Å². The smallest absolute Gasteiger partial charge is 0.247 e. The third kappa shape index (κ3) is 6.13. The first-order chi connectivity index (χ1) is 18.4. The Balaban J connectivity index is 1.21. The molecule has 38 heavy (non-hydrogen) atoms. The minimum atomic E-state index is -0.952. The Hall–Kier alpha value is -3.11. The standard InChI is InChI=1S/C29H38N6O3/c1-20(2)26-17-23(18-28-31-32-29(38-28)22-7-9-25(10-8-22)35(36)37)21(3)16-24(26)19-33-12-14-34(15-13-33)27-6-4-5-11-30-27/h4-11,16,20,23-24,26,35-36H,12-15,17-19H2,1-3H3/t23-,24-,26-/m0/s1. The predicted molar refractivity (Wildman–Crippen MR) is 146 cm³/mol. The van der Waals surface area contributed by atoms with Crippen LogP contribution in [0.15, 0.2) is 64.7 Å². The molecule has 5 rings (SSSR count). The van der Waals surface area contributed by atoms with Crippen LogP contribution in [0.25, 0.3) is 11.5 Å². The van der Waals surface area contributed by atoms with Crippen LogP contribution in [0.1, 0.15) is 33.1 Å². The van der Waals surface area contributed by atoms with Crippen molar-refractivity contribution >= 4 is 11.5 Å². The number of hydrogen-bond donors (Lipinski definition) is 2. The first-order valence-electron chi connectivity index (χ1n) is 13.6. The van der Waals surface area contributed by atoms with Crippen molar-refractivity contribution in [1.82, 2.24) is 20.1 Å². The summed E-state index contributed by atoms with van der Waals surface area (Å²) in [6.07, 6.45) is 6.21. The maximum absolute atomic E-state index is 11.1. The Bertz CT molecular complexity index is 1200. The lowest BCUT2D eigenvalue weighted by atomic mass is 9.69. The van der Waals surface area contributed by atoms with E-state index in [1.165, 1.54) is 5.57 Å². The maximum atomic E-state index is 11.1. The third-order valence-corrected chi connectivity index (χ3v) is 8.17. The molecule has 2 N–H and O–H groups in total. The van der Waals surface area contributed by atoms with Crippen molar-refractivity contribution in [3.8, 4) is 11.5 Å².